The molecule has 0 radical (unpaired) electrons. The van der Waals surface area contributed by atoms with Gasteiger partial charge in [0.25, 0.3) is 0 Å². The summed E-state index contributed by atoms with van der Waals surface area (Å²) in [6.45, 7) is 4.04. The molecule has 1 N–H and O–H groups in total. The average molecular weight is 363 g/mol. The van der Waals surface area contributed by atoms with E-state index in [1.54, 1.807) is 6.92 Å². The fraction of sp³-hybridized carbons (Fsp3) is 0.750. The third-order valence-electron chi connectivity index (χ3n) is 5.08. The van der Waals surface area contributed by atoms with Crippen molar-refractivity contribution in [2.45, 2.75) is 116 Å². The Morgan fingerprint density at radius 3 is 1.58 bits per heavy atom. The van der Waals surface area contributed by atoms with Crippen molar-refractivity contribution in [2.75, 3.05) is 0 Å². The fourth-order valence-corrected chi connectivity index (χ4v) is 3.44. The van der Waals surface area contributed by atoms with Crippen molar-refractivity contribution in [1.29, 1.82) is 0 Å². The highest BCUT2D eigenvalue weighted by Gasteiger charge is 2.21. The van der Waals surface area contributed by atoms with Crippen LogP contribution >= 0.6 is 0 Å². The molecule has 0 heterocycles. The number of benzene rings is 1. The van der Waals surface area contributed by atoms with E-state index in [9.17, 15) is 5.11 Å². The third kappa shape index (κ3) is 13.2. The van der Waals surface area contributed by atoms with E-state index in [2.05, 4.69) is 6.92 Å². The van der Waals surface area contributed by atoms with Gasteiger partial charge in [-0.05, 0) is 18.6 Å². The van der Waals surface area contributed by atoms with Crippen LogP contribution in [0.5, 0.6) is 5.75 Å². The Kier molecular flexibility index (Phi) is 13.4. The zero-order chi connectivity index (χ0) is 18.9. The van der Waals surface area contributed by atoms with Gasteiger partial charge in [-0.1, -0.05) is 109 Å². The summed E-state index contributed by atoms with van der Waals surface area (Å²) in [7, 11) is 0. The monoisotopic (exact) mass is 362 g/mol. The first-order valence-corrected chi connectivity index (χ1v) is 11.1. The highest BCUT2D eigenvalue weighted by atomic mass is 16.6. The molecular weight excluding hydrogens is 320 g/mol. The van der Waals surface area contributed by atoms with Crippen LogP contribution < -0.4 is 4.74 Å². The first-order chi connectivity index (χ1) is 12.6. The van der Waals surface area contributed by atoms with E-state index in [1.165, 1.54) is 83.5 Å². The lowest BCUT2D eigenvalue weighted by atomic mass is 10.0. The van der Waals surface area contributed by atoms with Crippen LogP contribution in [0.2, 0.25) is 0 Å². The summed E-state index contributed by atoms with van der Waals surface area (Å²) < 4.78 is 5.67. The molecule has 2 heteroatoms. The summed E-state index contributed by atoms with van der Waals surface area (Å²) in [6, 6.07) is 9.59. The van der Waals surface area contributed by atoms with Crippen LogP contribution in [0.3, 0.4) is 0 Å². The summed E-state index contributed by atoms with van der Waals surface area (Å²) in [5.41, 5.74) is 0. The van der Waals surface area contributed by atoms with E-state index in [-0.39, 0.29) is 0 Å². The minimum absolute atomic E-state index is 0.694. The van der Waals surface area contributed by atoms with Crippen LogP contribution in [-0.2, 0) is 0 Å². The van der Waals surface area contributed by atoms with E-state index in [4.69, 9.17) is 4.74 Å². The normalized spacial score (nSPS) is 13.5. The Morgan fingerprint density at radius 2 is 1.12 bits per heavy atom. The van der Waals surface area contributed by atoms with Gasteiger partial charge in [-0.2, -0.15) is 0 Å². The van der Waals surface area contributed by atoms with E-state index < -0.39 is 5.79 Å². The maximum Gasteiger partial charge on any atom is 0.205 e. The zero-order valence-electron chi connectivity index (χ0n) is 17.3. The molecule has 150 valence electrons. The molecule has 26 heavy (non-hydrogen) atoms. The van der Waals surface area contributed by atoms with Crippen molar-refractivity contribution in [3.05, 3.63) is 30.3 Å². The van der Waals surface area contributed by atoms with Gasteiger partial charge in [-0.3, -0.25) is 0 Å². The Bertz CT molecular complexity index is 413. The maximum atomic E-state index is 10.3. The van der Waals surface area contributed by atoms with Crippen LogP contribution in [0.4, 0.5) is 0 Å². The third-order valence-corrected chi connectivity index (χ3v) is 5.08. The zero-order valence-corrected chi connectivity index (χ0v) is 17.3. The summed E-state index contributed by atoms with van der Waals surface area (Å²) in [5, 5.41) is 10.3. The summed E-state index contributed by atoms with van der Waals surface area (Å²) in [6.07, 6.45) is 19.6. The molecule has 0 aromatic heterocycles. The first-order valence-electron chi connectivity index (χ1n) is 11.1. The second-order valence-corrected chi connectivity index (χ2v) is 7.94. The molecule has 1 rings (SSSR count). The maximum absolute atomic E-state index is 10.3. The molecule has 1 atom stereocenters. The van der Waals surface area contributed by atoms with Gasteiger partial charge in [-0.15, -0.1) is 0 Å². The summed E-state index contributed by atoms with van der Waals surface area (Å²) in [5.74, 6) is -0.318. The van der Waals surface area contributed by atoms with Gasteiger partial charge in [0.05, 0.1) is 0 Å². The summed E-state index contributed by atoms with van der Waals surface area (Å²) >= 11 is 0. The molecular formula is C24H42O2. The lowest BCUT2D eigenvalue weighted by molar-refractivity contribution is -0.127. The predicted octanol–water partition coefficient (Wildman–Crippen LogP) is 7.65. The molecule has 0 amide bonds. The quantitative estimate of drug-likeness (QED) is 0.228. The Balaban J connectivity index is 1.87. The van der Waals surface area contributed by atoms with E-state index in [0.717, 1.165) is 12.2 Å². The number of hydrogen-bond acceptors (Lipinski definition) is 2. The van der Waals surface area contributed by atoms with Crippen molar-refractivity contribution in [3.63, 3.8) is 0 Å². The van der Waals surface area contributed by atoms with Crippen molar-refractivity contribution >= 4 is 0 Å². The van der Waals surface area contributed by atoms with Crippen molar-refractivity contribution in [2.24, 2.45) is 0 Å². The van der Waals surface area contributed by atoms with E-state index in [1.807, 2.05) is 30.3 Å². The molecule has 1 aromatic rings. The number of rotatable bonds is 17. The molecule has 1 aromatic carbocycles. The van der Waals surface area contributed by atoms with Crippen LogP contribution in [0.15, 0.2) is 30.3 Å². The smallest absolute Gasteiger partial charge is 0.205 e. The molecule has 0 aliphatic rings. The van der Waals surface area contributed by atoms with E-state index >= 15 is 0 Å². The van der Waals surface area contributed by atoms with Gasteiger partial charge in [0.15, 0.2) is 0 Å². The average Bonchev–Trinajstić information content (AvgIpc) is 2.62. The Morgan fingerprint density at radius 1 is 0.692 bits per heavy atom. The van der Waals surface area contributed by atoms with E-state index in [0.29, 0.717) is 6.42 Å². The SMILES string of the molecule is CCCCCCCCCCCCCCCCC(C)(O)Oc1ccccc1. The molecule has 0 spiro atoms. The molecule has 0 saturated carbocycles. The minimum Gasteiger partial charge on any atom is -0.463 e. The molecule has 0 aliphatic carbocycles. The second kappa shape index (κ2) is 15.1. The Hall–Kier alpha value is -1.02. The molecule has 0 aliphatic heterocycles. The highest BCUT2D eigenvalue weighted by Crippen LogP contribution is 2.21. The van der Waals surface area contributed by atoms with Gasteiger partial charge in [-0.25, -0.2) is 0 Å². The van der Waals surface area contributed by atoms with Crippen molar-refractivity contribution in [1.82, 2.24) is 0 Å². The number of hydrogen-bond donors (Lipinski definition) is 1. The largest absolute Gasteiger partial charge is 0.463 e. The van der Waals surface area contributed by atoms with Crippen LogP contribution in [-0.4, -0.2) is 10.9 Å². The fourth-order valence-electron chi connectivity index (χ4n) is 3.44. The van der Waals surface area contributed by atoms with Gasteiger partial charge in [0, 0.05) is 13.3 Å². The number of para-hydroxylation sites is 1. The Labute approximate surface area is 162 Å². The van der Waals surface area contributed by atoms with Crippen molar-refractivity contribution in [3.8, 4) is 5.75 Å². The lowest BCUT2D eigenvalue weighted by Crippen LogP contribution is -2.31. The van der Waals surface area contributed by atoms with Gasteiger partial charge in [0.1, 0.15) is 5.75 Å². The molecule has 0 bridgehead atoms. The van der Waals surface area contributed by atoms with Crippen LogP contribution in [0.1, 0.15) is 110 Å². The van der Waals surface area contributed by atoms with Crippen molar-refractivity contribution < 1.29 is 9.84 Å². The minimum atomic E-state index is -1.06. The highest BCUT2D eigenvalue weighted by molar-refractivity contribution is 5.21. The van der Waals surface area contributed by atoms with Gasteiger partial charge < -0.3 is 9.84 Å². The predicted molar refractivity (Wildman–Crippen MR) is 113 cm³/mol. The lowest BCUT2D eigenvalue weighted by Gasteiger charge is -2.24. The number of ether oxygens (including phenoxy) is 1. The topological polar surface area (TPSA) is 29.5 Å². The van der Waals surface area contributed by atoms with Crippen LogP contribution in [0.25, 0.3) is 0 Å². The molecule has 0 fully saturated rings. The van der Waals surface area contributed by atoms with Gasteiger partial charge >= 0.3 is 0 Å². The molecule has 2 nitrogen and oxygen atoms in total. The standard InChI is InChI=1S/C24H42O2/c1-3-4-5-6-7-8-9-10-11-12-13-14-15-19-22-24(2,25)26-23-20-17-16-18-21-23/h16-18,20-21,25H,3-15,19,22H2,1-2H3. The van der Waals surface area contributed by atoms with Crippen LogP contribution in [0, 0.1) is 0 Å². The van der Waals surface area contributed by atoms with Gasteiger partial charge in [0.2, 0.25) is 5.79 Å². The first kappa shape index (κ1) is 23.0. The number of aliphatic hydroxyl groups is 1. The number of unbranched alkanes of at least 4 members (excludes halogenated alkanes) is 13. The molecule has 1 unspecified atom stereocenters. The second-order valence-electron chi connectivity index (χ2n) is 7.94. The summed E-state index contributed by atoms with van der Waals surface area (Å²) in [4.78, 5) is 0. The molecule has 0 saturated heterocycles.